The number of amides is 2. The van der Waals surface area contributed by atoms with Crippen LogP contribution >= 0.6 is 0 Å². The molecular formula is C10H19N3O5. The number of hydrogen-bond donors (Lipinski definition) is 5. The molecule has 0 saturated heterocycles. The van der Waals surface area contributed by atoms with Gasteiger partial charge in [0.15, 0.2) is 6.10 Å². The van der Waals surface area contributed by atoms with Crippen LogP contribution in [0.15, 0.2) is 0 Å². The van der Waals surface area contributed by atoms with E-state index in [4.69, 9.17) is 15.9 Å². The smallest absolute Gasteiger partial charge is 0.334 e. The molecule has 8 nitrogen and oxygen atoms in total. The number of hydrogen-bond acceptors (Lipinski definition) is 5. The van der Waals surface area contributed by atoms with Crippen molar-refractivity contribution in [2.45, 2.75) is 26.0 Å². The molecule has 104 valence electrons. The van der Waals surface area contributed by atoms with Crippen LogP contribution in [0.3, 0.4) is 0 Å². The van der Waals surface area contributed by atoms with Crippen molar-refractivity contribution >= 4 is 17.8 Å². The lowest BCUT2D eigenvalue weighted by atomic mass is 10.1. The Morgan fingerprint density at radius 3 is 2.22 bits per heavy atom. The minimum atomic E-state index is -1.66. The molecule has 0 rings (SSSR count). The summed E-state index contributed by atoms with van der Waals surface area (Å²) in [6.07, 6.45) is -1.66. The molecule has 0 aromatic rings. The highest BCUT2D eigenvalue weighted by Gasteiger charge is 2.18. The van der Waals surface area contributed by atoms with Gasteiger partial charge in [-0.2, -0.15) is 0 Å². The van der Waals surface area contributed by atoms with Gasteiger partial charge < -0.3 is 26.6 Å². The van der Waals surface area contributed by atoms with Crippen LogP contribution in [0, 0.1) is 5.92 Å². The molecule has 0 radical (unpaired) electrons. The first kappa shape index (κ1) is 16.3. The van der Waals surface area contributed by atoms with E-state index in [1.807, 2.05) is 0 Å². The molecule has 0 fully saturated rings. The minimum Gasteiger partial charge on any atom is -0.479 e. The second kappa shape index (κ2) is 7.62. The van der Waals surface area contributed by atoms with Crippen LogP contribution in [0.25, 0.3) is 0 Å². The van der Waals surface area contributed by atoms with Crippen molar-refractivity contribution in [2.24, 2.45) is 11.7 Å². The summed E-state index contributed by atoms with van der Waals surface area (Å²) in [5, 5.41) is 21.7. The van der Waals surface area contributed by atoms with E-state index >= 15 is 0 Å². The first-order valence-corrected chi connectivity index (χ1v) is 5.46. The van der Waals surface area contributed by atoms with Gasteiger partial charge in [0.25, 0.3) is 0 Å². The van der Waals surface area contributed by atoms with Crippen molar-refractivity contribution < 1.29 is 24.6 Å². The highest BCUT2D eigenvalue weighted by molar-refractivity contribution is 5.87. The number of carbonyl (C=O) groups is 3. The van der Waals surface area contributed by atoms with E-state index in [-0.39, 0.29) is 12.5 Å². The summed E-state index contributed by atoms with van der Waals surface area (Å²) < 4.78 is 0. The van der Waals surface area contributed by atoms with Gasteiger partial charge in [-0.15, -0.1) is 0 Å². The second-order valence-electron chi connectivity index (χ2n) is 4.15. The number of aliphatic carboxylic acids is 1. The highest BCUT2D eigenvalue weighted by Crippen LogP contribution is 1.97. The normalized spacial score (nSPS) is 13.8. The lowest BCUT2D eigenvalue weighted by Crippen LogP contribution is -2.48. The fraction of sp³-hybridized carbons (Fsp3) is 0.700. The fourth-order valence-electron chi connectivity index (χ4n) is 0.948. The zero-order valence-corrected chi connectivity index (χ0v) is 10.3. The highest BCUT2D eigenvalue weighted by atomic mass is 16.4. The molecule has 8 heteroatoms. The Hall–Kier alpha value is -1.67. The number of carboxylic acid groups (broad SMARTS) is 1. The summed E-state index contributed by atoms with van der Waals surface area (Å²) in [7, 11) is 0. The largest absolute Gasteiger partial charge is 0.479 e. The molecule has 2 atom stereocenters. The standard InChI is InChI=1S/C10H19N3O5/c1-5(2)8(11)9(16)13-4-7(15)12-3-6(14)10(17)18/h5-6,8,14H,3-4,11H2,1-2H3,(H,12,15)(H,13,16)(H,17,18)/t6?,8-/m0/s1. The number of aliphatic hydroxyl groups is 1. The van der Waals surface area contributed by atoms with Crippen LogP contribution in [-0.2, 0) is 14.4 Å². The van der Waals surface area contributed by atoms with E-state index < -0.39 is 36.5 Å². The Morgan fingerprint density at radius 2 is 1.78 bits per heavy atom. The van der Waals surface area contributed by atoms with Gasteiger partial charge in [-0.3, -0.25) is 9.59 Å². The van der Waals surface area contributed by atoms with E-state index in [0.29, 0.717) is 0 Å². The maximum absolute atomic E-state index is 11.4. The van der Waals surface area contributed by atoms with Gasteiger partial charge in [-0.25, -0.2) is 4.79 Å². The van der Waals surface area contributed by atoms with Gasteiger partial charge in [0.2, 0.25) is 11.8 Å². The van der Waals surface area contributed by atoms with Gasteiger partial charge in [-0.1, -0.05) is 13.8 Å². The third-order valence-electron chi connectivity index (χ3n) is 2.22. The molecule has 0 aliphatic heterocycles. The Morgan fingerprint density at radius 1 is 1.22 bits per heavy atom. The SMILES string of the molecule is CC(C)[C@H](N)C(=O)NCC(=O)NCC(O)C(=O)O. The van der Waals surface area contributed by atoms with Crippen LogP contribution in [0.5, 0.6) is 0 Å². The molecule has 0 aromatic carbocycles. The number of aliphatic hydroxyl groups excluding tert-OH is 1. The summed E-state index contributed by atoms with van der Waals surface area (Å²) >= 11 is 0. The first-order valence-electron chi connectivity index (χ1n) is 5.46. The average Bonchev–Trinajstić information content (AvgIpc) is 2.31. The molecule has 6 N–H and O–H groups in total. The van der Waals surface area contributed by atoms with Gasteiger partial charge in [-0.05, 0) is 5.92 Å². The van der Waals surface area contributed by atoms with E-state index in [1.54, 1.807) is 13.8 Å². The van der Waals surface area contributed by atoms with Crippen LogP contribution < -0.4 is 16.4 Å². The third kappa shape index (κ3) is 6.16. The molecule has 0 spiro atoms. The van der Waals surface area contributed by atoms with Crippen molar-refractivity contribution in [1.29, 1.82) is 0 Å². The molecule has 0 bridgehead atoms. The second-order valence-corrected chi connectivity index (χ2v) is 4.15. The van der Waals surface area contributed by atoms with Crippen LogP contribution in [0.4, 0.5) is 0 Å². The zero-order chi connectivity index (χ0) is 14.3. The molecule has 0 heterocycles. The number of rotatable bonds is 7. The summed E-state index contributed by atoms with van der Waals surface area (Å²) in [5.74, 6) is -2.54. The number of nitrogens with two attached hydrogens (primary N) is 1. The van der Waals surface area contributed by atoms with Crippen molar-refractivity contribution in [3.63, 3.8) is 0 Å². The van der Waals surface area contributed by atoms with Crippen LogP contribution in [0.2, 0.25) is 0 Å². The Kier molecular flexibility index (Phi) is 6.91. The van der Waals surface area contributed by atoms with Crippen molar-refractivity contribution in [3.05, 3.63) is 0 Å². The topological polar surface area (TPSA) is 142 Å². The monoisotopic (exact) mass is 261 g/mol. The lowest BCUT2D eigenvalue weighted by molar-refractivity contribution is -0.146. The number of nitrogens with one attached hydrogen (secondary N) is 2. The fourth-order valence-corrected chi connectivity index (χ4v) is 0.948. The predicted molar refractivity (Wildman–Crippen MR) is 62.5 cm³/mol. The maximum atomic E-state index is 11.4. The Balaban J connectivity index is 3.91. The number of carbonyl (C=O) groups excluding carboxylic acids is 2. The van der Waals surface area contributed by atoms with Crippen LogP contribution in [-0.4, -0.2) is 53.2 Å². The van der Waals surface area contributed by atoms with E-state index in [2.05, 4.69) is 10.6 Å². The van der Waals surface area contributed by atoms with Gasteiger partial charge in [0.1, 0.15) is 0 Å². The summed E-state index contributed by atoms with van der Waals surface area (Å²) in [6, 6.07) is -0.706. The molecule has 2 amide bonds. The summed E-state index contributed by atoms with van der Waals surface area (Å²) in [4.78, 5) is 32.8. The summed E-state index contributed by atoms with van der Waals surface area (Å²) in [6.45, 7) is 2.81. The average molecular weight is 261 g/mol. The van der Waals surface area contributed by atoms with Gasteiger partial charge in [0, 0.05) is 0 Å². The molecule has 18 heavy (non-hydrogen) atoms. The molecular weight excluding hydrogens is 242 g/mol. The van der Waals surface area contributed by atoms with Gasteiger partial charge in [0.05, 0.1) is 19.1 Å². The molecule has 0 aliphatic carbocycles. The van der Waals surface area contributed by atoms with Gasteiger partial charge >= 0.3 is 5.97 Å². The molecule has 1 unspecified atom stereocenters. The van der Waals surface area contributed by atoms with E-state index in [9.17, 15) is 14.4 Å². The Labute approximate surface area is 105 Å². The number of carboxylic acids is 1. The van der Waals surface area contributed by atoms with E-state index in [0.717, 1.165) is 0 Å². The molecule has 0 saturated carbocycles. The van der Waals surface area contributed by atoms with Crippen LogP contribution in [0.1, 0.15) is 13.8 Å². The van der Waals surface area contributed by atoms with Crippen molar-refractivity contribution in [3.8, 4) is 0 Å². The third-order valence-corrected chi connectivity index (χ3v) is 2.22. The summed E-state index contributed by atoms with van der Waals surface area (Å²) in [5.41, 5.74) is 5.55. The zero-order valence-electron chi connectivity index (χ0n) is 10.3. The molecule has 0 aliphatic rings. The lowest BCUT2D eigenvalue weighted by Gasteiger charge is -2.15. The first-order chi connectivity index (χ1) is 8.25. The quantitative estimate of drug-likeness (QED) is 0.347. The van der Waals surface area contributed by atoms with Crippen molar-refractivity contribution in [2.75, 3.05) is 13.1 Å². The maximum Gasteiger partial charge on any atom is 0.334 e. The van der Waals surface area contributed by atoms with E-state index in [1.165, 1.54) is 0 Å². The molecule has 0 aromatic heterocycles. The predicted octanol–water partition coefficient (Wildman–Crippen LogP) is -2.35. The Bertz CT molecular complexity index is 319. The van der Waals surface area contributed by atoms with Crippen molar-refractivity contribution in [1.82, 2.24) is 10.6 Å². The minimum absolute atomic E-state index is 0.0538.